The summed E-state index contributed by atoms with van der Waals surface area (Å²) in [6, 6.07) is 7.42. The standard InChI is InChI=1S/C24H20F6N4O4/c25-18(26)11-38-16-4-2-1-3-14(16)19-20(35)15(10-34(33-19)13-6-7-13)21(36)32-12-5-8-17(31-9-12)24(37,22(27)28)23(29)30/h1-5,8-10,13,18,22-23,37H,6-7,11H2,(H,32,36). The summed E-state index contributed by atoms with van der Waals surface area (Å²) in [5.74, 6) is -0.991. The van der Waals surface area contributed by atoms with Crippen molar-refractivity contribution in [1.29, 1.82) is 0 Å². The van der Waals surface area contributed by atoms with Gasteiger partial charge in [0.2, 0.25) is 11.0 Å². The van der Waals surface area contributed by atoms with Gasteiger partial charge in [-0.1, -0.05) is 12.1 Å². The summed E-state index contributed by atoms with van der Waals surface area (Å²) in [5, 5.41) is 16.3. The van der Waals surface area contributed by atoms with Crippen LogP contribution in [0, 0.1) is 0 Å². The van der Waals surface area contributed by atoms with E-state index < -0.39 is 48.5 Å². The number of alkyl halides is 6. The topological polar surface area (TPSA) is 106 Å². The minimum Gasteiger partial charge on any atom is -0.487 e. The predicted molar refractivity (Wildman–Crippen MR) is 122 cm³/mol. The molecule has 1 aliphatic carbocycles. The van der Waals surface area contributed by atoms with Gasteiger partial charge < -0.3 is 15.2 Å². The predicted octanol–water partition coefficient (Wildman–Crippen LogP) is 4.25. The Kier molecular flexibility index (Phi) is 7.71. The molecule has 3 aromatic rings. The van der Waals surface area contributed by atoms with Crippen molar-refractivity contribution in [3.05, 3.63) is 70.3 Å². The van der Waals surface area contributed by atoms with Gasteiger partial charge in [-0.2, -0.15) is 5.10 Å². The lowest BCUT2D eigenvalue weighted by molar-refractivity contribution is -0.185. The van der Waals surface area contributed by atoms with Crippen molar-refractivity contribution in [3.8, 4) is 17.0 Å². The molecule has 0 saturated heterocycles. The molecule has 0 aliphatic heterocycles. The molecule has 2 aromatic heterocycles. The fraction of sp³-hybridized carbons (Fsp3) is 0.333. The van der Waals surface area contributed by atoms with Crippen LogP contribution in [0.5, 0.6) is 5.75 Å². The van der Waals surface area contributed by atoms with Gasteiger partial charge >= 0.3 is 0 Å². The molecule has 0 unspecified atom stereocenters. The molecule has 0 radical (unpaired) electrons. The lowest BCUT2D eigenvalue weighted by atomic mass is 10.0. The van der Waals surface area contributed by atoms with Crippen LogP contribution in [0.3, 0.4) is 0 Å². The summed E-state index contributed by atoms with van der Waals surface area (Å²) in [5.41, 5.74) is -6.31. The molecule has 1 fully saturated rings. The fourth-order valence-corrected chi connectivity index (χ4v) is 3.54. The van der Waals surface area contributed by atoms with E-state index in [-0.39, 0.29) is 34.3 Å². The lowest BCUT2D eigenvalue weighted by Crippen LogP contribution is -2.42. The molecule has 38 heavy (non-hydrogen) atoms. The Labute approximate surface area is 210 Å². The molecule has 1 amide bonds. The van der Waals surface area contributed by atoms with Crippen LogP contribution in [0.15, 0.2) is 53.6 Å². The van der Waals surface area contributed by atoms with Crippen molar-refractivity contribution in [3.63, 3.8) is 0 Å². The zero-order chi connectivity index (χ0) is 27.6. The minimum absolute atomic E-state index is 0.0392. The number of para-hydroxylation sites is 1. The minimum atomic E-state index is -3.83. The number of halogens is 6. The summed E-state index contributed by atoms with van der Waals surface area (Å²) in [7, 11) is 0. The first-order valence-corrected chi connectivity index (χ1v) is 11.2. The number of anilines is 1. The van der Waals surface area contributed by atoms with Gasteiger partial charge in [0, 0.05) is 11.8 Å². The van der Waals surface area contributed by atoms with Crippen LogP contribution in [0.4, 0.5) is 32.0 Å². The molecule has 8 nitrogen and oxygen atoms in total. The highest BCUT2D eigenvalue weighted by molar-refractivity contribution is 6.04. The van der Waals surface area contributed by atoms with Crippen LogP contribution in [0.2, 0.25) is 0 Å². The number of hydrogen-bond donors (Lipinski definition) is 2. The summed E-state index contributed by atoms with van der Waals surface area (Å²) >= 11 is 0. The number of aromatic nitrogens is 3. The van der Waals surface area contributed by atoms with E-state index in [1.165, 1.54) is 35.1 Å². The lowest BCUT2D eigenvalue weighted by Gasteiger charge is -2.25. The van der Waals surface area contributed by atoms with Crippen molar-refractivity contribution in [2.75, 3.05) is 11.9 Å². The highest BCUT2D eigenvalue weighted by Crippen LogP contribution is 2.36. The second-order valence-corrected chi connectivity index (χ2v) is 8.44. The first kappa shape index (κ1) is 27.1. The van der Waals surface area contributed by atoms with Crippen molar-refractivity contribution in [2.24, 2.45) is 0 Å². The third-order valence-electron chi connectivity index (χ3n) is 5.71. The Morgan fingerprint density at radius 2 is 1.79 bits per heavy atom. The highest BCUT2D eigenvalue weighted by atomic mass is 19.3. The van der Waals surface area contributed by atoms with Crippen LogP contribution < -0.4 is 15.5 Å². The number of ether oxygens (including phenoxy) is 1. The molecule has 2 heterocycles. The highest BCUT2D eigenvalue weighted by Gasteiger charge is 2.50. The number of amides is 1. The van der Waals surface area contributed by atoms with Crippen molar-refractivity contribution in [1.82, 2.24) is 14.8 Å². The Hall–Kier alpha value is -3.94. The largest absolute Gasteiger partial charge is 0.487 e. The quantitative estimate of drug-likeness (QED) is 0.371. The molecular formula is C24H20F6N4O4. The summed E-state index contributed by atoms with van der Waals surface area (Å²) in [4.78, 5) is 29.7. The van der Waals surface area contributed by atoms with E-state index in [0.717, 1.165) is 25.1 Å². The molecule has 1 aliphatic rings. The van der Waals surface area contributed by atoms with Gasteiger partial charge in [-0.25, -0.2) is 26.3 Å². The summed E-state index contributed by atoms with van der Waals surface area (Å²) < 4.78 is 84.2. The number of nitrogens with zero attached hydrogens (tertiary/aromatic N) is 3. The van der Waals surface area contributed by atoms with E-state index in [0.29, 0.717) is 6.07 Å². The average molecular weight is 542 g/mol. The number of aliphatic hydroxyl groups is 1. The van der Waals surface area contributed by atoms with Crippen LogP contribution in [-0.4, -0.2) is 51.7 Å². The summed E-state index contributed by atoms with van der Waals surface area (Å²) in [6.45, 7) is -0.927. The van der Waals surface area contributed by atoms with E-state index in [9.17, 15) is 41.0 Å². The van der Waals surface area contributed by atoms with Crippen LogP contribution in [-0.2, 0) is 5.60 Å². The van der Waals surface area contributed by atoms with Crippen LogP contribution in [0.25, 0.3) is 11.3 Å². The maximum Gasteiger partial charge on any atom is 0.278 e. The molecule has 202 valence electrons. The molecular weight excluding hydrogens is 522 g/mol. The number of carbonyl (C=O) groups is 1. The smallest absolute Gasteiger partial charge is 0.278 e. The van der Waals surface area contributed by atoms with Gasteiger partial charge in [0.15, 0.2) is 0 Å². The van der Waals surface area contributed by atoms with Crippen LogP contribution >= 0.6 is 0 Å². The van der Waals surface area contributed by atoms with E-state index in [1.54, 1.807) is 0 Å². The molecule has 1 aromatic carbocycles. The summed E-state index contributed by atoms with van der Waals surface area (Å²) in [6.07, 6.45) is -7.00. The molecule has 4 rings (SSSR count). The van der Waals surface area contributed by atoms with E-state index in [2.05, 4.69) is 15.4 Å². The fourth-order valence-electron chi connectivity index (χ4n) is 3.54. The van der Waals surface area contributed by atoms with Crippen molar-refractivity contribution < 1.29 is 41.0 Å². The van der Waals surface area contributed by atoms with Gasteiger partial charge in [-0.05, 0) is 37.1 Å². The van der Waals surface area contributed by atoms with E-state index in [4.69, 9.17) is 4.74 Å². The average Bonchev–Trinajstić information content (AvgIpc) is 3.73. The number of carbonyl (C=O) groups excluding carboxylic acids is 1. The SMILES string of the molecule is O=C(Nc1ccc(C(O)(C(F)F)C(F)F)nc1)c1cn(C2CC2)nc(-c2ccccc2OCC(F)F)c1=O. The normalized spacial score (nSPS) is 13.8. The van der Waals surface area contributed by atoms with Gasteiger partial charge in [-0.3, -0.25) is 19.3 Å². The number of pyridine rings is 1. The molecule has 0 bridgehead atoms. The Balaban J connectivity index is 1.67. The zero-order valence-corrected chi connectivity index (χ0v) is 19.3. The number of benzene rings is 1. The van der Waals surface area contributed by atoms with E-state index >= 15 is 0 Å². The van der Waals surface area contributed by atoms with E-state index in [1.807, 2.05) is 0 Å². The Bertz CT molecular complexity index is 1350. The van der Waals surface area contributed by atoms with Gasteiger partial charge in [0.05, 0.1) is 23.6 Å². The second-order valence-electron chi connectivity index (χ2n) is 8.44. The molecule has 1 saturated carbocycles. The number of hydrogen-bond acceptors (Lipinski definition) is 6. The van der Waals surface area contributed by atoms with Gasteiger partial charge in [0.1, 0.15) is 23.6 Å². The third kappa shape index (κ3) is 5.49. The maximum absolute atomic E-state index is 13.3. The zero-order valence-electron chi connectivity index (χ0n) is 19.3. The van der Waals surface area contributed by atoms with Crippen molar-refractivity contribution >= 4 is 11.6 Å². The maximum atomic E-state index is 13.3. The Morgan fingerprint density at radius 1 is 1.11 bits per heavy atom. The van der Waals surface area contributed by atoms with Crippen molar-refractivity contribution in [2.45, 2.75) is 43.8 Å². The third-order valence-corrected chi connectivity index (χ3v) is 5.71. The molecule has 0 atom stereocenters. The second kappa shape index (κ2) is 10.8. The van der Waals surface area contributed by atoms with Crippen LogP contribution in [0.1, 0.15) is 34.9 Å². The molecule has 2 N–H and O–H groups in total. The first-order valence-electron chi connectivity index (χ1n) is 11.2. The molecule has 0 spiro atoms. The number of nitrogens with one attached hydrogen (secondary N) is 1. The number of rotatable bonds is 10. The van der Waals surface area contributed by atoms with Gasteiger partial charge in [0.25, 0.3) is 25.2 Å². The monoisotopic (exact) mass is 542 g/mol. The molecule has 14 heteroatoms. The van der Waals surface area contributed by atoms with Gasteiger partial charge in [-0.15, -0.1) is 0 Å². The Morgan fingerprint density at radius 3 is 2.37 bits per heavy atom. The first-order chi connectivity index (χ1) is 18.0.